The summed E-state index contributed by atoms with van der Waals surface area (Å²) in [6.45, 7) is 2.08. The Morgan fingerprint density at radius 3 is 2.59 bits per heavy atom. The van der Waals surface area contributed by atoms with E-state index in [1.54, 1.807) is 7.11 Å². The molecule has 0 spiro atoms. The molecule has 1 aromatic heterocycles. The molecule has 0 radical (unpaired) electrons. The molecule has 1 atom stereocenters. The van der Waals surface area contributed by atoms with Crippen LogP contribution in [-0.2, 0) is 5.75 Å². The highest BCUT2D eigenvalue weighted by Gasteiger charge is 2.27. The first-order valence-corrected chi connectivity index (χ1v) is 11.3. The average Bonchev–Trinajstić information content (AvgIpc) is 3.00. The van der Waals surface area contributed by atoms with Crippen molar-refractivity contribution >= 4 is 17.4 Å². The number of methoxy groups -OCH3 is 1. The molecule has 0 fully saturated rings. The van der Waals surface area contributed by atoms with Crippen molar-refractivity contribution in [1.82, 2.24) is 15.2 Å². The molecule has 32 heavy (non-hydrogen) atoms. The monoisotopic (exact) mass is 442 g/mol. The molecule has 1 N–H and O–H groups in total. The molecule has 160 valence electrons. The maximum absolute atomic E-state index is 6.36. The number of hydrogen-bond donors (Lipinski definition) is 1. The standard InChI is InChI=1S/C25H22N4O2S/c1-16-11-13-17(14-12-16)15-32-25-27-24-22(28-29-25)18-7-3-5-9-20(18)26-23(31-24)19-8-4-6-10-21(19)30-2/h3-14,23,26H,15H2,1-2H3. The average molecular weight is 443 g/mol. The lowest BCUT2D eigenvalue weighted by Crippen LogP contribution is -2.18. The predicted molar refractivity (Wildman–Crippen MR) is 126 cm³/mol. The highest BCUT2D eigenvalue weighted by molar-refractivity contribution is 7.98. The van der Waals surface area contributed by atoms with E-state index in [9.17, 15) is 0 Å². The maximum Gasteiger partial charge on any atom is 0.247 e. The van der Waals surface area contributed by atoms with Crippen LogP contribution in [0.4, 0.5) is 5.69 Å². The van der Waals surface area contributed by atoms with Gasteiger partial charge < -0.3 is 14.8 Å². The van der Waals surface area contributed by atoms with Gasteiger partial charge in [-0.2, -0.15) is 4.98 Å². The number of rotatable bonds is 5. The molecule has 7 heteroatoms. The van der Waals surface area contributed by atoms with Crippen LogP contribution in [0.1, 0.15) is 22.9 Å². The zero-order valence-electron chi connectivity index (χ0n) is 17.8. The zero-order chi connectivity index (χ0) is 21.9. The van der Waals surface area contributed by atoms with E-state index in [4.69, 9.17) is 14.5 Å². The van der Waals surface area contributed by atoms with Crippen molar-refractivity contribution in [3.8, 4) is 22.9 Å². The number of benzene rings is 3. The molecule has 2 heterocycles. The summed E-state index contributed by atoms with van der Waals surface area (Å²) in [5.74, 6) is 1.94. The number of aryl methyl sites for hydroxylation is 1. The van der Waals surface area contributed by atoms with Gasteiger partial charge in [0.25, 0.3) is 0 Å². The fourth-order valence-electron chi connectivity index (χ4n) is 3.56. The summed E-state index contributed by atoms with van der Waals surface area (Å²) >= 11 is 1.54. The van der Waals surface area contributed by atoms with E-state index >= 15 is 0 Å². The summed E-state index contributed by atoms with van der Waals surface area (Å²) in [7, 11) is 1.65. The van der Waals surface area contributed by atoms with Crippen molar-refractivity contribution in [3.63, 3.8) is 0 Å². The second-order valence-electron chi connectivity index (χ2n) is 7.45. The van der Waals surface area contributed by atoms with Crippen LogP contribution in [0.5, 0.6) is 11.6 Å². The van der Waals surface area contributed by atoms with Crippen LogP contribution in [0, 0.1) is 6.92 Å². The fourth-order valence-corrected chi connectivity index (χ4v) is 4.30. The lowest BCUT2D eigenvalue weighted by Gasteiger charge is -2.21. The van der Waals surface area contributed by atoms with Crippen LogP contribution in [0.25, 0.3) is 11.3 Å². The van der Waals surface area contributed by atoms with E-state index in [2.05, 4.69) is 46.7 Å². The van der Waals surface area contributed by atoms with Crippen LogP contribution in [0.3, 0.4) is 0 Å². The van der Waals surface area contributed by atoms with Crippen molar-refractivity contribution in [2.24, 2.45) is 0 Å². The molecule has 3 aromatic carbocycles. The second-order valence-corrected chi connectivity index (χ2v) is 8.39. The molecule has 5 rings (SSSR count). The summed E-state index contributed by atoms with van der Waals surface area (Å²) < 4.78 is 11.9. The molecule has 1 aliphatic heterocycles. The number of fused-ring (bicyclic) bond motifs is 3. The van der Waals surface area contributed by atoms with Gasteiger partial charge in [0, 0.05) is 17.0 Å². The van der Waals surface area contributed by atoms with Crippen LogP contribution in [0.15, 0.2) is 78.0 Å². The number of para-hydroxylation sites is 2. The molecule has 0 bridgehead atoms. The first-order chi connectivity index (χ1) is 15.7. The quantitative estimate of drug-likeness (QED) is 0.401. The zero-order valence-corrected chi connectivity index (χ0v) is 18.6. The van der Waals surface area contributed by atoms with Crippen LogP contribution in [0.2, 0.25) is 0 Å². The molecule has 0 aliphatic carbocycles. The number of nitrogens with one attached hydrogen (secondary N) is 1. The third kappa shape index (κ3) is 4.11. The summed E-state index contributed by atoms with van der Waals surface area (Å²) in [5.41, 5.74) is 5.74. The second kappa shape index (κ2) is 8.88. The Balaban J connectivity index is 1.50. The van der Waals surface area contributed by atoms with Gasteiger partial charge in [-0.05, 0) is 30.7 Å². The lowest BCUT2D eigenvalue weighted by atomic mass is 10.1. The van der Waals surface area contributed by atoms with Crippen molar-refractivity contribution in [2.75, 3.05) is 12.4 Å². The molecule has 1 aliphatic rings. The van der Waals surface area contributed by atoms with Gasteiger partial charge in [-0.3, -0.25) is 0 Å². The van der Waals surface area contributed by atoms with E-state index in [0.717, 1.165) is 28.3 Å². The number of ether oxygens (including phenoxy) is 2. The SMILES string of the molecule is COc1ccccc1C1Nc2ccccc2-c2nnc(SCc3ccc(C)cc3)nc2O1. The molecule has 1 unspecified atom stereocenters. The van der Waals surface area contributed by atoms with Crippen LogP contribution in [-0.4, -0.2) is 22.3 Å². The molecule has 4 aromatic rings. The molecular formula is C25H22N4O2S. The molecule has 0 amide bonds. The normalized spacial score (nSPS) is 14.4. The van der Waals surface area contributed by atoms with Crippen molar-refractivity contribution in [3.05, 3.63) is 89.5 Å². The maximum atomic E-state index is 6.36. The number of aromatic nitrogens is 3. The van der Waals surface area contributed by atoms with Gasteiger partial charge in [0.1, 0.15) is 5.75 Å². The number of nitrogens with zero attached hydrogens (tertiary/aromatic N) is 3. The van der Waals surface area contributed by atoms with Crippen molar-refractivity contribution in [2.45, 2.75) is 24.1 Å². The highest BCUT2D eigenvalue weighted by atomic mass is 32.2. The van der Waals surface area contributed by atoms with Gasteiger partial charge in [-0.25, -0.2) is 0 Å². The van der Waals surface area contributed by atoms with Gasteiger partial charge >= 0.3 is 0 Å². The van der Waals surface area contributed by atoms with E-state index in [1.807, 2.05) is 48.5 Å². The van der Waals surface area contributed by atoms with E-state index in [0.29, 0.717) is 16.7 Å². The number of thioether (sulfide) groups is 1. The van der Waals surface area contributed by atoms with Gasteiger partial charge in [-0.1, -0.05) is 71.9 Å². The Morgan fingerprint density at radius 2 is 1.75 bits per heavy atom. The summed E-state index contributed by atoms with van der Waals surface area (Å²) in [5, 5.41) is 12.9. The minimum Gasteiger partial charge on any atom is -0.496 e. The minimum absolute atomic E-state index is 0.444. The highest BCUT2D eigenvalue weighted by Crippen LogP contribution is 2.41. The van der Waals surface area contributed by atoms with Crippen LogP contribution >= 0.6 is 11.8 Å². The largest absolute Gasteiger partial charge is 0.496 e. The van der Waals surface area contributed by atoms with Gasteiger partial charge in [0.05, 0.1) is 12.7 Å². The summed E-state index contributed by atoms with van der Waals surface area (Å²) in [6.07, 6.45) is -0.486. The van der Waals surface area contributed by atoms with Crippen LogP contribution < -0.4 is 14.8 Å². The fraction of sp³-hybridized carbons (Fsp3) is 0.160. The summed E-state index contributed by atoms with van der Waals surface area (Å²) in [6, 6.07) is 24.2. The molecular weight excluding hydrogens is 420 g/mol. The molecule has 0 saturated carbocycles. The molecule has 6 nitrogen and oxygen atoms in total. The minimum atomic E-state index is -0.486. The van der Waals surface area contributed by atoms with Crippen molar-refractivity contribution in [1.29, 1.82) is 0 Å². The Kier molecular flexibility index (Phi) is 5.64. The first kappa shape index (κ1) is 20.3. The Hall–Kier alpha value is -3.58. The topological polar surface area (TPSA) is 69.2 Å². The Bertz CT molecular complexity index is 1250. The smallest absolute Gasteiger partial charge is 0.247 e. The van der Waals surface area contributed by atoms with Gasteiger partial charge in [-0.15, -0.1) is 10.2 Å². The molecule has 0 saturated heterocycles. The predicted octanol–water partition coefficient (Wildman–Crippen LogP) is 5.65. The third-order valence-electron chi connectivity index (χ3n) is 5.24. The number of anilines is 1. The van der Waals surface area contributed by atoms with E-state index < -0.39 is 6.23 Å². The van der Waals surface area contributed by atoms with Crippen molar-refractivity contribution < 1.29 is 9.47 Å². The Labute approximate surface area is 191 Å². The van der Waals surface area contributed by atoms with E-state index in [1.165, 1.54) is 22.9 Å². The summed E-state index contributed by atoms with van der Waals surface area (Å²) in [4.78, 5) is 4.72. The number of hydrogen-bond acceptors (Lipinski definition) is 7. The lowest BCUT2D eigenvalue weighted by molar-refractivity contribution is 0.220. The first-order valence-electron chi connectivity index (χ1n) is 10.3. The van der Waals surface area contributed by atoms with Gasteiger partial charge in [0.2, 0.25) is 17.3 Å². The third-order valence-corrected chi connectivity index (χ3v) is 6.15. The van der Waals surface area contributed by atoms with E-state index in [-0.39, 0.29) is 0 Å². The Morgan fingerprint density at radius 1 is 0.969 bits per heavy atom. The van der Waals surface area contributed by atoms with Gasteiger partial charge in [0.15, 0.2) is 5.69 Å².